The van der Waals surface area contributed by atoms with Crippen LogP contribution in [-0.2, 0) is 13.1 Å². The van der Waals surface area contributed by atoms with E-state index in [1.54, 1.807) is 0 Å². The minimum atomic E-state index is 0.478. The number of benzene rings is 1. The smallest absolute Gasteiger partial charge is 0.207 e. The van der Waals surface area contributed by atoms with Crippen LogP contribution >= 0.6 is 34.5 Å². The van der Waals surface area contributed by atoms with Gasteiger partial charge in [-0.15, -0.1) is 10.2 Å². The van der Waals surface area contributed by atoms with Crippen LogP contribution in [0.25, 0.3) is 0 Å². The third kappa shape index (κ3) is 3.64. The molecule has 0 aliphatic carbocycles. The zero-order valence-electron chi connectivity index (χ0n) is 9.23. The van der Waals surface area contributed by atoms with Gasteiger partial charge in [0.1, 0.15) is 5.01 Å². The summed E-state index contributed by atoms with van der Waals surface area (Å²) in [5.41, 5.74) is 1.10. The quantitative estimate of drug-likeness (QED) is 0.862. The number of nitrogens with zero attached hydrogens (tertiary/aromatic N) is 3. The summed E-state index contributed by atoms with van der Waals surface area (Å²) in [5.74, 6) is 0. The highest BCUT2D eigenvalue weighted by Crippen LogP contribution is 2.19. The van der Waals surface area contributed by atoms with Gasteiger partial charge in [0.15, 0.2) is 0 Å². The van der Waals surface area contributed by atoms with E-state index in [1.807, 2.05) is 31.3 Å². The molecule has 1 aromatic heterocycles. The van der Waals surface area contributed by atoms with E-state index in [9.17, 15) is 0 Å². The van der Waals surface area contributed by atoms with Gasteiger partial charge in [0.2, 0.25) is 4.47 Å². The molecule has 1 aromatic carbocycles. The van der Waals surface area contributed by atoms with Crippen LogP contribution in [0.15, 0.2) is 24.3 Å². The van der Waals surface area contributed by atoms with Crippen LogP contribution in [0.2, 0.25) is 9.49 Å². The predicted molar refractivity (Wildman–Crippen MR) is 71.5 cm³/mol. The van der Waals surface area contributed by atoms with Crippen LogP contribution in [0.1, 0.15) is 10.6 Å². The number of rotatable bonds is 4. The second-order valence-electron chi connectivity index (χ2n) is 3.71. The predicted octanol–water partition coefficient (Wildman–Crippen LogP) is 3.48. The Hall–Kier alpha value is -0.680. The van der Waals surface area contributed by atoms with Crippen molar-refractivity contribution in [2.75, 3.05) is 7.05 Å². The van der Waals surface area contributed by atoms with E-state index in [4.69, 9.17) is 23.2 Å². The summed E-state index contributed by atoms with van der Waals surface area (Å²) < 4.78 is 0.478. The summed E-state index contributed by atoms with van der Waals surface area (Å²) in [6.45, 7) is 1.49. The number of halogens is 2. The van der Waals surface area contributed by atoms with Crippen molar-refractivity contribution in [3.8, 4) is 0 Å². The van der Waals surface area contributed by atoms with Gasteiger partial charge in [-0.3, -0.25) is 4.90 Å². The van der Waals surface area contributed by atoms with Crippen LogP contribution in [0, 0.1) is 0 Å². The molecular formula is C11H11Cl2N3S. The summed E-state index contributed by atoms with van der Waals surface area (Å²) in [6, 6.07) is 7.83. The van der Waals surface area contributed by atoms with Crippen molar-refractivity contribution < 1.29 is 0 Å². The molecule has 0 N–H and O–H groups in total. The SMILES string of the molecule is CN(Cc1nnc(Cl)s1)Cc1ccccc1Cl. The normalized spacial score (nSPS) is 11.1. The Morgan fingerprint density at radius 1 is 1.18 bits per heavy atom. The molecule has 0 bridgehead atoms. The molecule has 6 heteroatoms. The molecule has 3 nitrogen and oxygen atoms in total. The number of hydrogen-bond acceptors (Lipinski definition) is 4. The Morgan fingerprint density at radius 3 is 2.59 bits per heavy atom. The lowest BCUT2D eigenvalue weighted by molar-refractivity contribution is 0.318. The summed E-state index contributed by atoms with van der Waals surface area (Å²) >= 11 is 13.2. The minimum Gasteiger partial charge on any atom is -0.295 e. The van der Waals surface area contributed by atoms with E-state index in [2.05, 4.69) is 15.1 Å². The summed E-state index contributed by atoms with van der Waals surface area (Å²) in [6.07, 6.45) is 0. The molecule has 0 aliphatic rings. The summed E-state index contributed by atoms with van der Waals surface area (Å²) in [5, 5.41) is 9.45. The molecule has 0 amide bonds. The zero-order chi connectivity index (χ0) is 12.3. The lowest BCUT2D eigenvalue weighted by atomic mass is 10.2. The van der Waals surface area contributed by atoms with E-state index in [0.29, 0.717) is 4.47 Å². The summed E-state index contributed by atoms with van der Waals surface area (Å²) in [4.78, 5) is 2.12. The van der Waals surface area contributed by atoms with E-state index in [0.717, 1.165) is 28.7 Å². The molecule has 0 fully saturated rings. The van der Waals surface area contributed by atoms with E-state index < -0.39 is 0 Å². The number of aromatic nitrogens is 2. The molecule has 0 spiro atoms. The van der Waals surface area contributed by atoms with Gasteiger partial charge in [-0.25, -0.2) is 0 Å². The first-order valence-electron chi connectivity index (χ1n) is 5.05. The second-order valence-corrected chi connectivity index (χ2v) is 5.76. The van der Waals surface area contributed by atoms with Crippen LogP contribution in [0.4, 0.5) is 0 Å². The monoisotopic (exact) mass is 287 g/mol. The highest BCUT2D eigenvalue weighted by molar-refractivity contribution is 7.15. The molecule has 17 heavy (non-hydrogen) atoms. The third-order valence-corrected chi connectivity index (χ3v) is 3.62. The van der Waals surface area contributed by atoms with Crippen molar-refractivity contribution in [1.82, 2.24) is 15.1 Å². The lowest BCUT2D eigenvalue weighted by Crippen LogP contribution is -2.17. The average molecular weight is 288 g/mol. The Kier molecular flexibility index (Phi) is 4.34. The van der Waals surface area contributed by atoms with Gasteiger partial charge >= 0.3 is 0 Å². The lowest BCUT2D eigenvalue weighted by Gasteiger charge is -2.15. The summed E-state index contributed by atoms with van der Waals surface area (Å²) in [7, 11) is 2.01. The molecule has 0 atom stereocenters. The third-order valence-electron chi connectivity index (χ3n) is 2.25. The molecule has 0 saturated carbocycles. The van der Waals surface area contributed by atoms with Gasteiger partial charge in [-0.2, -0.15) is 0 Å². The van der Waals surface area contributed by atoms with Crippen molar-refractivity contribution in [2.24, 2.45) is 0 Å². The first kappa shape index (κ1) is 12.8. The first-order valence-corrected chi connectivity index (χ1v) is 6.62. The van der Waals surface area contributed by atoms with E-state index >= 15 is 0 Å². The average Bonchev–Trinajstić information content (AvgIpc) is 2.67. The Labute approximate surface area is 114 Å². The Morgan fingerprint density at radius 2 is 1.94 bits per heavy atom. The van der Waals surface area contributed by atoms with Gasteiger partial charge in [-0.05, 0) is 30.3 Å². The number of hydrogen-bond donors (Lipinski definition) is 0. The van der Waals surface area contributed by atoms with Gasteiger partial charge in [0, 0.05) is 11.6 Å². The molecule has 2 aromatic rings. The van der Waals surface area contributed by atoms with Crippen molar-refractivity contribution in [2.45, 2.75) is 13.1 Å². The molecule has 0 aliphatic heterocycles. The van der Waals surface area contributed by atoms with Crippen LogP contribution in [0.5, 0.6) is 0 Å². The molecular weight excluding hydrogens is 277 g/mol. The molecule has 90 valence electrons. The van der Waals surface area contributed by atoms with Gasteiger partial charge in [0.25, 0.3) is 0 Å². The maximum absolute atomic E-state index is 6.10. The second kappa shape index (κ2) is 5.78. The highest BCUT2D eigenvalue weighted by Gasteiger charge is 2.08. The maximum Gasteiger partial charge on any atom is 0.207 e. The zero-order valence-corrected chi connectivity index (χ0v) is 11.6. The fourth-order valence-corrected chi connectivity index (χ4v) is 2.64. The topological polar surface area (TPSA) is 29.0 Å². The van der Waals surface area contributed by atoms with Crippen molar-refractivity contribution in [3.05, 3.63) is 44.3 Å². The maximum atomic E-state index is 6.10. The van der Waals surface area contributed by atoms with E-state index in [-0.39, 0.29) is 0 Å². The first-order chi connectivity index (χ1) is 8.15. The fraction of sp³-hybridized carbons (Fsp3) is 0.273. The Bertz CT molecular complexity index is 501. The molecule has 0 saturated heterocycles. The van der Waals surface area contributed by atoms with Gasteiger partial charge in [-0.1, -0.05) is 41.1 Å². The standard InChI is InChI=1S/C11H11Cl2N3S/c1-16(7-10-14-15-11(13)17-10)6-8-4-2-3-5-9(8)12/h2-5H,6-7H2,1H3. The van der Waals surface area contributed by atoms with Crippen LogP contribution in [-0.4, -0.2) is 22.1 Å². The van der Waals surface area contributed by atoms with Crippen molar-refractivity contribution in [1.29, 1.82) is 0 Å². The highest BCUT2D eigenvalue weighted by atomic mass is 35.5. The molecule has 0 unspecified atom stereocenters. The van der Waals surface area contributed by atoms with Crippen molar-refractivity contribution in [3.63, 3.8) is 0 Å². The van der Waals surface area contributed by atoms with E-state index in [1.165, 1.54) is 11.3 Å². The molecule has 0 radical (unpaired) electrons. The largest absolute Gasteiger partial charge is 0.295 e. The van der Waals surface area contributed by atoms with Crippen LogP contribution in [0.3, 0.4) is 0 Å². The fourth-order valence-electron chi connectivity index (χ4n) is 1.50. The Balaban J connectivity index is 1.98. The minimum absolute atomic E-state index is 0.478. The molecule has 1 heterocycles. The van der Waals surface area contributed by atoms with Crippen LogP contribution < -0.4 is 0 Å². The van der Waals surface area contributed by atoms with Gasteiger partial charge in [0.05, 0.1) is 6.54 Å². The van der Waals surface area contributed by atoms with Gasteiger partial charge < -0.3 is 0 Å². The molecule has 2 rings (SSSR count). The van der Waals surface area contributed by atoms with Crippen molar-refractivity contribution >= 4 is 34.5 Å².